The Hall–Kier alpha value is -3.61. The van der Waals surface area contributed by atoms with Crippen LogP contribution in [0.25, 0.3) is 22.4 Å². The fraction of sp³-hybridized carbons (Fsp3) is 0.346. The number of carbonyl (C=O) groups is 1. The highest BCUT2D eigenvalue weighted by Crippen LogP contribution is 2.34. The number of hydrogen-bond donors (Lipinski definition) is 1. The summed E-state index contributed by atoms with van der Waals surface area (Å²) < 4.78 is 17.2. The van der Waals surface area contributed by atoms with Gasteiger partial charge in [0.25, 0.3) is 11.8 Å². The molecule has 1 N–H and O–H groups in total. The summed E-state index contributed by atoms with van der Waals surface area (Å²) in [5, 5.41) is 8.08. The summed E-state index contributed by atoms with van der Waals surface area (Å²) in [7, 11) is 0. The van der Waals surface area contributed by atoms with E-state index in [1.807, 2.05) is 57.2 Å². The molecule has 0 radical (unpaired) electrons. The lowest BCUT2D eigenvalue weighted by atomic mass is 9.96. The lowest BCUT2D eigenvalue weighted by Gasteiger charge is -2.12. The normalized spacial score (nSPS) is 13.3. The van der Waals surface area contributed by atoms with Gasteiger partial charge in [0.2, 0.25) is 0 Å². The predicted octanol–water partition coefficient (Wildman–Crippen LogP) is 5.81. The first-order valence-corrected chi connectivity index (χ1v) is 11.4. The van der Waals surface area contributed by atoms with Crippen LogP contribution < -0.4 is 10.1 Å². The predicted molar refractivity (Wildman–Crippen MR) is 126 cm³/mol. The Morgan fingerprint density at radius 3 is 2.85 bits per heavy atom. The molecular formula is C26H27N3O4. The maximum absolute atomic E-state index is 12.8. The van der Waals surface area contributed by atoms with Crippen molar-refractivity contribution in [3.63, 3.8) is 0 Å². The zero-order chi connectivity index (χ0) is 22.9. The van der Waals surface area contributed by atoms with E-state index >= 15 is 0 Å². The standard InChI is InChI=1S/C26H27N3O4/c1-15(2)25-28-26(33-29-25)19-9-6-7-16(3)24(19)27-23(30)14-31-17-11-12-22-20(13-17)18-8-4-5-10-21(18)32-22/h6-7,9,11-13,15H,4-5,8,10,14H2,1-3H3,(H,27,30). The van der Waals surface area contributed by atoms with Gasteiger partial charge >= 0.3 is 0 Å². The van der Waals surface area contributed by atoms with Gasteiger partial charge in [0, 0.05) is 23.3 Å². The van der Waals surface area contributed by atoms with Gasteiger partial charge in [-0.3, -0.25) is 4.79 Å². The molecule has 1 amide bonds. The molecule has 1 aliphatic rings. The molecule has 4 aromatic rings. The number of fused-ring (bicyclic) bond motifs is 3. The Labute approximate surface area is 192 Å². The Kier molecular flexibility index (Phi) is 5.62. The molecule has 0 bridgehead atoms. The second-order valence-corrected chi connectivity index (χ2v) is 8.82. The lowest BCUT2D eigenvalue weighted by molar-refractivity contribution is -0.118. The van der Waals surface area contributed by atoms with Gasteiger partial charge in [-0.25, -0.2) is 0 Å². The molecule has 2 aromatic carbocycles. The highest BCUT2D eigenvalue weighted by molar-refractivity contribution is 5.96. The third kappa shape index (κ3) is 4.23. The molecule has 2 heterocycles. The van der Waals surface area contributed by atoms with Crippen molar-refractivity contribution in [2.24, 2.45) is 0 Å². The number of nitrogens with zero attached hydrogens (tertiary/aromatic N) is 2. The third-order valence-corrected chi connectivity index (χ3v) is 6.02. The summed E-state index contributed by atoms with van der Waals surface area (Å²) in [6, 6.07) is 11.4. The van der Waals surface area contributed by atoms with Crippen molar-refractivity contribution in [2.75, 3.05) is 11.9 Å². The van der Waals surface area contributed by atoms with Gasteiger partial charge < -0.3 is 19.0 Å². The molecule has 7 nitrogen and oxygen atoms in total. The van der Waals surface area contributed by atoms with Gasteiger partial charge in [-0.15, -0.1) is 0 Å². The fourth-order valence-electron chi connectivity index (χ4n) is 4.25. The SMILES string of the molecule is Cc1cccc(-c2nc(C(C)C)no2)c1NC(=O)COc1ccc2oc3c(c2c1)CCCC3. The number of aromatic nitrogens is 2. The van der Waals surface area contributed by atoms with E-state index in [-0.39, 0.29) is 18.4 Å². The van der Waals surface area contributed by atoms with Crippen LogP contribution in [0.1, 0.15) is 55.3 Å². The van der Waals surface area contributed by atoms with Gasteiger partial charge in [-0.1, -0.05) is 31.1 Å². The maximum atomic E-state index is 12.8. The second kappa shape index (κ2) is 8.73. The van der Waals surface area contributed by atoms with Crippen LogP contribution in [0.3, 0.4) is 0 Å². The number of benzene rings is 2. The van der Waals surface area contributed by atoms with Crippen molar-refractivity contribution in [2.45, 2.75) is 52.4 Å². The largest absolute Gasteiger partial charge is 0.484 e. The molecule has 0 unspecified atom stereocenters. The average Bonchev–Trinajstić information content (AvgIpc) is 3.44. The Balaban J connectivity index is 1.31. The molecule has 0 aliphatic heterocycles. The van der Waals surface area contributed by atoms with Crippen molar-refractivity contribution in [1.82, 2.24) is 10.1 Å². The van der Waals surface area contributed by atoms with Crippen LogP contribution >= 0.6 is 0 Å². The van der Waals surface area contributed by atoms with E-state index in [2.05, 4.69) is 15.5 Å². The Morgan fingerprint density at radius 1 is 1.18 bits per heavy atom. The quantitative estimate of drug-likeness (QED) is 0.403. The lowest BCUT2D eigenvalue weighted by Crippen LogP contribution is -2.21. The minimum absolute atomic E-state index is 0.111. The van der Waals surface area contributed by atoms with Crippen molar-refractivity contribution in [3.8, 4) is 17.2 Å². The highest BCUT2D eigenvalue weighted by Gasteiger charge is 2.20. The molecule has 2 aromatic heterocycles. The number of carbonyl (C=O) groups excluding carboxylic acids is 1. The van der Waals surface area contributed by atoms with E-state index in [0.29, 0.717) is 28.7 Å². The molecule has 0 atom stereocenters. The molecule has 0 saturated heterocycles. The van der Waals surface area contributed by atoms with Gasteiger partial charge in [-0.05, 0) is 56.0 Å². The van der Waals surface area contributed by atoms with Gasteiger partial charge in [0.05, 0.1) is 11.3 Å². The number of aryl methyl sites for hydroxylation is 3. The number of ether oxygens (including phenoxy) is 1. The number of furan rings is 1. The van der Waals surface area contributed by atoms with Crippen LogP contribution in [0.4, 0.5) is 5.69 Å². The first-order chi connectivity index (χ1) is 16.0. The van der Waals surface area contributed by atoms with Gasteiger partial charge in [0.1, 0.15) is 17.1 Å². The van der Waals surface area contributed by atoms with Crippen LogP contribution in [0.15, 0.2) is 45.3 Å². The molecule has 170 valence electrons. The van der Waals surface area contributed by atoms with Crippen LogP contribution in [-0.4, -0.2) is 22.7 Å². The summed E-state index contributed by atoms with van der Waals surface area (Å²) in [5.41, 5.74) is 4.38. The third-order valence-electron chi connectivity index (χ3n) is 6.02. The molecule has 33 heavy (non-hydrogen) atoms. The highest BCUT2D eigenvalue weighted by atomic mass is 16.5. The van der Waals surface area contributed by atoms with Gasteiger partial charge in [-0.2, -0.15) is 4.98 Å². The smallest absolute Gasteiger partial charge is 0.262 e. The summed E-state index contributed by atoms with van der Waals surface area (Å²) in [4.78, 5) is 17.2. The number of amides is 1. The molecule has 1 aliphatic carbocycles. The summed E-state index contributed by atoms with van der Waals surface area (Å²) in [6.07, 6.45) is 4.35. The van der Waals surface area contributed by atoms with Crippen LogP contribution in [-0.2, 0) is 17.6 Å². The molecular weight excluding hydrogens is 418 g/mol. The van der Waals surface area contributed by atoms with E-state index in [4.69, 9.17) is 13.7 Å². The zero-order valence-corrected chi connectivity index (χ0v) is 19.1. The second-order valence-electron chi connectivity index (χ2n) is 8.82. The number of anilines is 1. The molecule has 7 heteroatoms. The Morgan fingerprint density at radius 2 is 2.03 bits per heavy atom. The molecule has 5 rings (SSSR count). The van der Waals surface area contributed by atoms with E-state index in [0.717, 1.165) is 35.1 Å². The minimum atomic E-state index is -0.261. The minimum Gasteiger partial charge on any atom is -0.484 e. The number of para-hydroxylation sites is 1. The summed E-state index contributed by atoms with van der Waals surface area (Å²) >= 11 is 0. The van der Waals surface area contributed by atoms with Crippen molar-refractivity contribution in [3.05, 3.63) is 59.1 Å². The first-order valence-electron chi connectivity index (χ1n) is 11.4. The number of hydrogen-bond acceptors (Lipinski definition) is 6. The first kappa shape index (κ1) is 21.2. The summed E-state index contributed by atoms with van der Waals surface area (Å²) in [5.74, 6) is 2.63. The number of nitrogens with one attached hydrogen (secondary N) is 1. The molecule has 0 spiro atoms. The van der Waals surface area contributed by atoms with Crippen LogP contribution in [0, 0.1) is 6.92 Å². The van der Waals surface area contributed by atoms with E-state index < -0.39 is 0 Å². The zero-order valence-electron chi connectivity index (χ0n) is 19.1. The van der Waals surface area contributed by atoms with E-state index in [9.17, 15) is 4.79 Å². The van der Waals surface area contributed by atoms with E-state index in [1.165, 1.54) is 18.4 Å². The number of rotatable bonds is 6. The molecule has 0 fully saturated rings. The monoisotopic (exact) mass is 445 g/mol. The Bertz CT molecular complexity index is 1320. The van der Waals surface area contributed by atoms with Crippen molar-refractivity contribution >= 4 is 22.6 Å². The van der Waals surface area contributed by atoms with Crippen LogP contribution in [0.2, 0.25) is 0 Å². The summed E-state index contributed by atoms with van der Waals surface area (Å²) in [6.45, 7) is 5.82. The van der Waals surface area contributed by atoms with Crippen molar-refractivity contribution < 1.29 is 18.5 Å². The van der Waals surface area contributed by atoms with E-state index in [1.54, 1.807) is 0 Å². The average molecular weight is 446 g/mol. The van der Waals surface area contributed by atoms with Crippen LogP contribution in [0.5, 0.6) is 5.75 Å². The van der Waals surface area contributed by atoms with Gasteiger partial charge in [0.15, 0.2) is 12.4 Å². The fourth-order valence-corrected chi connectivity index (χ4v) is 4.25. The maximum Gasteiger partial charge on any atom is 0.262 e. The topological polar surface area (TPSA) is 90.4 Å². The molecule has 0 saturated carbocycles. The van der Waals surface area contributed by atoms with Crippen molar-refractivity contribution in [1.29, 1.82) is 0 Å².